The highest BCUT2D eigenvalue weighted by molar-refractivity contribution is 7.09. The van der Waals surface area contributed by atoms with Crippen LogP contribution in [-0.2, 0) is 6.42 Å². The van der Waals surface area contributed by atoms with Crippen LogP contribution in [0.2, 0.25) is 0 Å². The van der Waals surface area contributed by atoms with E-state index in [0.717, 1.165) is 19.5 Å². The van der Waals surface area contributed by atoms with Crippen LogP contribution < -0.4 is 10.2 Å². The second kappa shape index (κ2) is 7.05. The molecule has 1 atom stereocenters. The highest BCUT2D eigenvalue weighted by Crippen LogP contribution is 2.19. The quantitative estimate of drug-likeness (QED) is 0.918. The number of nitrogens with zero attached hydrogens (tertiary/aromatic N) is 2. The minimum Gasteiger partial charge on any atom is -0.371 e. The second-order valence-corrected chi connectivity index (χ2v) is 6.85. The molecular formula is C17H23N3S. The predicted octanol–water partition coefficient (Wildman–Crippen LogP) is 3.33. The molecular weight excluding hydrogens is 278 g/mol. The first kappa shape index (κ1) is 14.5. The maximum atomic E-state index is 4.09. The molecule has 3 rings (SSSR count). The van der Waals surface area contributed by atoms with Gasteiger partial charge in [0.2, 0.25) is 0 Å². The molecule has 1 aliphatic heterocycles. The Morgan fingerprint density at radius 2 is 2.05 bits per heavy atom. The average molecular weight is 301 g/mol. The smallest absolute Gasteiger partial charge is 0.0397 e. The van der Waals surface area contributed by atoms with Gasteiger partial charge >= 0.3 is 0 Å². The molecule has 0 radical (unpaired) electrons. The van der Waals surface area contributed by atoms with E-state index in [-0.39, 0.29) is 0 Å². The van der Waals surface area contributed by atoms with Gasteiger partial charge in [0, 0.05) is 48.1 Å². The molecule has 0 aliphatic carbocycles. The summed E-state index contributed by atoms with van der Waals surface area (Å²) in [4.78, 5) is 8.03. The van der Waals surface area contributed by atoms with Crippen molar-refractivity contribution >= 4 is 17.0 Å². The van der Waals surface area contributed by atoms with Crippen LogP contribution in [0.25, 0.3) is 0 Å². The molecule has 1 aliphatic rings. The number of thiophene rings is 1. The summed E-state index contributed by atoms with van der Waals surface area (Å²) in [5.74, 6) is 0. The Hall–Kier alpha value is -1.39. The lowest BCUT2D eigenvalue weighted by Gasteiger charge is -2.35. The fraction of sp³-hybridized carbons (Fsp3) is 0.471. The van der Waals surface area contributed by atoms with Crippen molar-refractivity contribution in [3.63, 3.8) is 0 Å². The number of aromatic nitrogens is 1. The molecule has 112 valence electrons. The van der Waals surface area contributed by atoms with Crippen LogP contribution in [0.1, 0.15) is 24.6 Å². The van der Waals surface area contributed by atoms with Crippen molar-refractivity contribution < 1.29 is 0 Å². The van der Waals surface area contributed by atoms with E-state index in [9.17, 15) is 0 Å². The summed E-state index contributed by atoms with van der Waals surface area (Å²) in [6.45, 7) is 4.57. The average Bonchev–Trinajstić information content (AvgIpc) is 3.02. The van der Waals surface area contributed by atoms with Crippen LogP contribution in [0.15, 0.2) is 42.0 Å². The van der Waals surface area contributed by atoms with Crippen LogP contribution >= 0.6 is 11.3 Å². The zero-order valence-electron chi connectivity index (χ0n) is 12.5. The lowest BCUT2D eigenvalue weighted by molar-refractivity contribution is 0.376. The molecule has 0 aromatic carbocycles. The standard InChI is InChI=1S/C17H23N3S/c1-14(13-17-3-2-12-21-17)19-15-6-10-20(11-7-15)16-4-8-18-9-5-16/h2-5,8-9,12,14-15,19H,6-7,10-11,13H2,1H3. The molecule has 3 heterocycles. The second-order valence-electron chi connectivity index (χ2n) is 5.82. The monoisotopic (exact) mass is 301 g/mol. The normalized spacial score (nSPS) is 17.9. The van der Waals surface area contributed by atoms with E-state index in [1.54, 1.807) is 0 Å². The van der Waals surface area contributed by atoms with Gasteiger partial charge in [-0.1, -0.05) is 6.07 Å². The molecule has 0 bridgehead atoms. The Morgan fingerprint density at radius 3 is 2.71 bits per heavy atom. The number of hydrogen-bond acceptors (Lipinski definition) is 4. The molecule has 1 N–H and O–H groups in total. The predicted molar refractivity (Wildman–Crippen MR) is 90.1 cm³/mol. The third-order valence-electron chi connectivity index (χ3n) is 4.13. The molecule has 1 fully saturated rings. The van der Waals surface area contributed by atoms with E-state index in [1.807, 2.05) is 23.7 Å². The summed E-state index contributed by atoms with van der Waals surface area (Å²) >= 11 is 1.86. The Balaban J connectivity index is 1.45. The van der Waals surface area contributed by atoms with Gasteiger partial charge in [0.15, 0.2) is 0 Å². The number of nitrogens with one attached hydrogen (secondary N) is 1. The van der Waals surface area contributed by atoms with Crippen LogP contribution in [0.5, 0.6) is 0 Å². The molecule has 4 heteroatoms. The van der Waals surface area contributed by atoms with E-state index in [1.165, 1.54) is 23.4 Å². The van der Waals surface area contributed by atoms with Gasteiger partial charge in [0.25, 0.3) is 0 Å². The lowest BCUT2D eigenvalue weighted by atomic mass is 10.0. The number of piperidine rings is 1. The number of rotatable bonds is 5. The number of anilines is 1. The van der Waals surface area contributed by atoms with Crippen molar-refractivity contribution in [1.82, 2.24) is 10.3 Å². The van der Waals surface area contributed by atoms with Gasteiger partial charge < -0.3 is 10.2 Å². The Labute approximate surface area is 131 Å². The van der Waals surface area contributed by atoms with E-state index in [0.29, 0.717) is 12.1 Å². The van der Waals surface area contributed by atoms with Gasteiger partial charge in [0.05, 0.1) is 0 Å². The Kier molecular flexibility index (Phi) is 4.88. The molecule has 0 saturated carbocycles. The van der Waals surface area contributed by atoms with Crippen LogP contribution in [0.3, 0.4) is 0 Å². The van der Waals surface area contributed by atoms with Crippen LogP contribution in [-0.4, -0.2) is 30.2 Å². The summed E-state index contributed by atoms with van der Waals surface area (Å²) in [5, 5.41) is 5.96. The van der Waals surface area contributed by atoms with Crippen molar-refractivity contribution in [1.29, 1.82) is 0 Å². The zero-order valence-corrected chi connectivity index (χ0v) is 13.4. The highest BCUT2D eigenvalue weighted by Gasteiger charge is 2.20. The van der Waals surface area contributed by atoms with E-state index >= 15 is 0 Å². The van der Waals surface area contributed by atoms with Crippen molar-refractivity contribution in [2.45, 2.75) is 38.3 Å². The van der Waals surface area contributed by atoms with Gasteiger partial charge in [-0.25, -0.2) is 0 Å². The first-order valence-electron chi connectivity index (χ1n) is 7.74. The largest absolute Gasteiger partial charge is 0.371 e. The van der Waals surface area contributed by atoms with E-state index in [2.05, 4.69) is 51.8 Å². The molecule has 2 aromatic rings. The maximum absolute atomic E-state index is 4.09. The molecule has 21 heavy (non-hydrogen) atoms. The molecule has 1 unspecified atom stereocenters. The van der Waals surface area contributed by atoms with Crippen LogP contribution in [0, 0.1) is 0 Å². The summed E-state index contributed by atoms with van der Waals surface area (Å²) in [7, 11) is 0. The first-order valence-corrected chi connectivity index (χ1v) is 8.62. The van der Waals surface area contributed by atoms with Gasteiger partial charge in [-0.05, 0) is 49.8 Å². The summed E-state index contributed by atoms with van der Waals surface area (Å²) in [6, 6.07) is 9.79. The van der Waals surface area contributed by atoms with Gasteiger partial charge in [0.1, 0.15) is 0 Å². The third-order valence-corrected chi connectivity index (χ3v) is 5.03. The number of pyridine rings is 1. The fourth-order valence-corrected chi connectivity index (χ4v) is 3.89. The fourth-order valence-electron chi connectivity index (χ4n) is 3.05. The van der Waals surface area contributed by atoms with Crippen LogP contribution in [0.4, 0.5) is 5.69 Å². The van der Waals surface area contributed by atoms with Crippen molar-refractivity contribution in [2.75, 3.05) is 18.0 Å². The van der Waals surface area contributed by atoms with Crippen molar-refractivity contribution in [3.05, 3.63) is 46.9 Å². The zero-order chi connectivity index (χ0) is 14.5. The number of hydrogen-bond donors (Lipinski definition) is 1. The topological polar surface area (TPSA) is 28.2 Å². The molecule has 3 nitrogen and oxygen atoms in total. The molecule has 0 amide bonds. The molecule has 1 saturated heterocycles. The molecule has 0 spiro atoms. The first-order chi connectivity index (χ1) is 10.3. The molecule has 2 aromatic heterocycles. The minimum atomic E-state index is 0.557. The van der Waals surface area contributed by atoms with Gasteiger partial charge in [-0.15, -0.1) is 11.3 Å². The Morgan fingerprint density at radius 1 is 1.29 bits per heavy atom. The Bertz CT molecular complexity index is 518. The summed E-state index contributed by atoms with van der Waals surface area (Å²) in [6.07, 6.45) is 7.34. The van der Waals surface area contributed by atoms with E-state index < -0.39 is 0 Å². The highest BCUT2D eigenvalue weighted by atomic mass is 32.1. The van der Waals surface area contributed by atoms with Gasteiger partial charge in [-0.2, -0.15) is 0 Å². The maximum Gasteiger partial charge on any atom is 0.0397 e. The summed E-state index contributed by atoms with van der Waals surface area (Å²) < 4.78 is 0. The van der Waals surface area contributed by atoms with Crippen molar-refractivity contribution in [3.8, 4) is 0 Å². The van der Waals surface area contributed by atoms with E-state index in [4.69, 9.17) is 0 Å². The minimum absolute atomic E-state index is 0.557. The van der Waals surface area contributed by atoms with Gasteiger partial charge in [-0.3, -0.25) is 4.98 Å². The SMILES string of the molecule is CC(Cc1cccs1)NC1CCN(c2ccncc2)CC1. The van der Waals surface area contributed by atoms with Crippen molar-refractivity contribution in [2.24, 2.45) is 0 Å². The lowest BCUT2D eigenvalue weighted by Crippen LogP contribution is -2.46. The summed E-state index contributed by atoms with van der Waals surface area (Å²) in [5.41, 5.74) is 1.30. The third kappa shape index (κ3) is 4.05.